The lowest BCUT2D eigenvalue weighted by molar-refractivity contribution is 0.324. The molecule has 0 unspecified atom stereocenters. The molecule has 2 aromatic carbocycles. The summed E-state index contributed by atoms with van der Waals surface area (Å²) in [5.41, 5.74) is 1.62. The van der Waals surface area contributed by atoms with E-state index in [0.717, 1.165) is 16.4 Å². The Bertz CT molecular complexity index is 1260. The van der Waals surface area contributed by atoms with Crippen LogP contribution in [0.15, 0.2) is 40.6 Å². The van der Waals surface area contributed by atoms with Crippen molar-refractivity contribution in [2.75, 3.05) is 39.3 Å². The molecule has 0 amide bonds. The summed E-state index contributed by atoms with van der Waals surface area (Å²) in [6.45, 7) is 1.18. The van der Waals surface area contributed by atoms with Crippen LogP contribution in [0, 0.1) is 0 Å². The van der Waals surface area contributed by atoms with E-state index in [1.54, 1.807) is 21.3 Å². The van der Waals surface area contributed by atoms with Gasteiger partial charge in [-0.2, -0.15) is 0 Å². The number of sulfone groups is 1. The third-order valence-electron chi connectivity index (χ3n) is 5.82. The number of aromatic nitrogens is 1. The van der Waals surface area contributed by atoms with Gasteiger partial charge in [0.05, 0.1) is 47.2 Å². The first kappa shape index (κ1) is 24.9. The van der Waals surface area contributed by atoms with Gasteiger partial charge >= 0.3 is 0 Å². The highest BCUT2D eigenvalue weighted by atomic mass is 35.5. The van der Waals surface area contributed by atoms with Gasteiger partial charge in [0.25, 0.3) is 0 Å². The van der Waals surface area contributed by atoms with Crippen molar-refractivity contribution in [2.24, 2.45) is 0 Å². The maximum absolute atomic E-state index is 13.1. The molecule has 3 aromatic rings. The molecule has 0 saturated carbocycles. The highest BCUT2D eigenvalue weighted by Gasteiger charge is 2.32. The molecule has 2 heterocycles. The van der Waals surface area contributed by atoms with Crippen LogP contribution in [0.25, 0.3) is 11.3 Å². The molecule has 34 heavy (non-hydrogen) atoms. The van der Waals surface area contributed by atoms with Crippen molar-refractivity contribution in [3.63, 3.8) is 0 Å². The average molecular weight is 543 g/mol. The van der Waals surface area contributed by atoms with E-state index in [1.165, 1.54) is 29.5 Å². The summed E-state index contributed by atoms with van der Waals surface area (Å²) in [5, 5.41) is 2.91. The molecule has 1 aliphatic rings. The summed E-state index contributed by atoms with van der Waals surface area (Å²) >= 11 is 13.5. The molecule has 1 fully saturated rings. The van der Waals surface area contributed by atoms with E-state index < -0.39 is 15.1 Å². The Hall–Kier alpha value is -2.20. The fourth-order valence-electron chi connectivity index (χ4n) is 3.97. The predicted molar refractivity (Wildman–Crippen MR) is 136 cm³/mol. The first-order valence-electron chi connectivity index (χ1n) is 10.5. The molecule has 0 N–H and O–H groups in total. The average Bonchev–Trinajstić information content (AvgIpc) is 3.35. The molecule has 7 nitrogen and oxygen atoms in total. The van der Waals surface area contributed by atoms with Crippen molar-refractivity contribution in [1.82, 2.24) is 4.98 Å². The fourth-order valence-corrected chi connectivity index (χ4v) is 6.98. The van der Waals surface area contributed by atoms with Crippen molar-refractivity contribution in [2.45, 2.75) is 23.0 Å². The van der Waals surface area contributed by atoms with Crippen LogP contribution in [0.2, 0.25) is 10.0 Å². The zero-order valence-corrected chi connectivity index (χ0v) is 22.0. The molecule has 0 atom stereocenters. The number of piperidine rings is 1. The first-order valence-corrected chi connectivity index (χ1v) is 13.7. The summed E-state index contributed by atoms with van der Waals surface area (Å²) < 4.78 is 42.5. The molecule has 4 rings (SSSR count). The Balaban J connectivity index is 1.50. The second-order valence-corrected chi connectivity index (χ2v) is 11.6. The third-order valence-corrected chi connectivity index (χ3v) is 9.72. The lowest BCUT2D eigenvalue weighted by atomic mass is 10.1. The number of hydrogen-bond acceptors (Lipinski definition) is 8. The third kappa shape index (κ3) is 4.79. The zero-order valence-electron chi connectivity index (χ0n) is 18.9. The molecule has 11 heteroatoms. The minimum absolute atomic E-state index is 0.208. The van der Waals surface area contributed by atoms with Gasteiger partial charge in [0.15, 0.2) is 26.5 Å². The molecule has 1 saturated heterocycles. The maximum atomic E-state index is 13.1. The second kappa shape index (κ2) is 10.2. The number of hydrogen-bond donors (Lipinski definition) is 0. The molecule has 0 spiro atoms. The number of rotatable bonds is 7. The number of methoxy groups -OCH3 is 3. The van der Waals surface area contributed by atoms with E-state index in [1.807, 2.05) is 17.5 Å². The van der Waals surface area contributed by atoms with E-state index >= 15 is 0 Å². The Labute approximate surface area is 213 Å². The molecule has 0 aliphatic carbocycles. The standard InChI is InChI=1S/C23H24Cl2N2O5S2/c1-30-20-10-14(11-21(31-2)22(20)32-3)19-13-33-23(26-19)27-8-6-15(7-9-27)34(28,29)16-4-5-17(24)18(25)12-16/h4-5,10-13,15H,6-9H2,1-3H3. The number of thiazole rings is 1. The van der Waals surface area contributed by atoms with Gasteiger partial charge in [-0.3, -0.25) is 0 Å². The summed E-state index contributed by atoms with van der Waals surface area (Å²) in [7, 11) is 1.22. The van der Waals surface area contributed by atoms with Gasteiger partial charge < -0.3 is 19.1 Å². The smallest absolute Gasteiger partial charge is 0.203 e. The Morgan fingerprint density at radius 3 is 2.18 bits per heavy atom. The lowest BCUT2D eigenvalue weighted by Gasteiger charge is -2.31. The van der Waals surface area contributed by atoms with E-state index in [-0.39, 0.29) is 9.92 Å². The van der Waals surface area contributed by atoms with Crippen LogP contribution >= 0.6 is 34.5 Å². The SMILES string of the molecule is COc1cc(-c2csc(N3CCC(S(=O)(=O)c4ccc(Cl)c(Cl)c4)CC3)n2)cc(OC)c1OC. The Morgan fingerprint density at radius 1 is 0.971 bits per heavy atom. The van der Waals surface area contributed by atoms with E-state index in [0.29, 0.717) is 48.2 Å². The number of nitrogens with zero attached hydrogens (tertiary/aromatic N) is 2. The van der Waals surface area contributed by atoms with E-state index in [9.17, 15) is 8.42 Å². The van der Waals surface area contributed by atoms with Gasteiger partial charge in [-0.25, -0.2) is 13.4 Å². The quantitative estimate of drug-likeness (QED) is 0.385. The van der Waals surface area contributed by atoms with Crippen LogP contribution in [0.4, 0.5) is 5.13 Å². The monoisotopic (exact) mass is 542 g/mol. The van der Waals surface area contributed by atoms with Crippen molar-refractivity contribution in [3.8, 4) is 28.5 Å². The van der Waals surface area contributed by atoms with Gasteiger partial charge in [-0.05, 0) is 43.2 Å². The van der Waals surface area contributed by atoms with E-state index in [2.05, 4.69) is 4.90 Å². The van der Waals surface area contributed by atoms with Gasteiger partial charge in [0.2, 0.25) is 5.75 Å². The lowest BCUT2D eigenvalue weighted by Crippen LogP contribution is -2.39. The summed E-state index contributed by atoms with van der Waals surface area (Å²) in [6, 6.07) is 8.18. The minimum Gasteiger partial charge on any atom is -0.493 e. The van der Waals surface area contributed by atoms with Crippen LogP contribution in [0.1, 0.15) is 12.8 Å². The molecule has 182 valence electrons. The number of ether oxygens (including phenoxy) is 3. The maximum Gasteiger partial charge on any atom is 0.203 e. The topological polar surface area (TPSA) is 78.0 Å². The molecular formula is C23H24Cl2N2O5S2. The molecule has 0 radical (unpaired) electrons. The van der Waals surface area contributed by atoms with Crippen molar-refractivity contribution >= 4 is 49.5 Å². The second-order valence-electron chi connectivity index (χ2n) is 7.74. The van der Waals surface area contributed by atoms with Crippen LogP contribution in [-0.4, -0.2) is 53.1 Å². The van der Waals surface area contributed by atoms with Crippen LogP contribution < -0.4 is 19.1 Å². The predicted octanol–water partition coefficient (Wildman–Crippen LogP) is 5.59. The first-order chi connectivity index (χ1) is 16.3. The fraction of sp³-hybridized carbons (Fsp3) is 0.348. The van der Waals surface area contributed by atoms with Crippen LogP contribution in [-0.2, 0) is 9.84 Å². The highest BCUT2D eigenvalue weighted by Crippen LogP contribution is 2.42. The van der Waals surface area contributed by atoms with Gasteiger partial charge in [-0.1, -0.05) is 23.2 Å². The summed E-state index contributed by atoms with van der Waals surface area (Å²) in [6.07, 6.45) is 1.00. The molecule has 1 aromatic heterocycles. The molecule has 1 aliphatic heterocycles. The normalized spacial score (nSPS) is 14.8. The number of anilines is 1. The van der Waals surface area contributed by atoms with Crippen LogP contribution in [0.3, 0.4) is 0 Å². The Morgan fingerprint density at radius 2 is 1.62 bits per heavy atom. The zero-order chi connectivity index (χ0) is 24.5. The van der Waals surface area contributed by atoms with Crippen molar-refractivity contribution in [1.29, 1.82) is 0 Å². The number of benzene rings is 2. The molecular weight excluding hydrogens is 519 g/mol. The molecule has 0 bridgehead atoms. The largest absolute Gasteiger partial charge is 0.493 e. The van der Waals surface area contributed by atoms with Gasteiger partial charge in [0, 0.05) is 24.0 Å². The van der Waals surface area contributed by atoms with Gasteiger partial charge in [0.1, 0.15) is 0 Å². The van der Waals surface area contributed by atoms with Crippen LogP contribution in [0.5, 0.6) is 17.2 Å². The van der Waals surface area contributed by atoms with Gasteiger partial charge in [-0.15, -0.1) is 11.3 Å². The highest BCUT2D eigenvalue weighted by molar-refractivity contribution is 7.92. The summed E-state index contributed by atoms with van der Waals surface area (Å²) in [5.74, 6) is 1.63. The Kier molecular flexibility index (Phi) is 7.47. The number of halogens is 2. The van der Waals surface area contributed by atoms with E-state index in [4.69, 9.17) is 42.4 Å². The summed E-state index contributed by atoms with van der Waals surface area (Å²) in [4.78, 5) is 7.11. The van der Waals surface area contributed by atoms with Crippen molar-refractivity contribution < 1.29 is 22.6 Å². The van der Waals surface area contributed by atoms with Crippen molar-refractivity contribution in [3.05, 3.63) is 45.8 Å². The minimum atomic E-state index is -3.49.